The van der Waals surface area contributed by atoms with Gasteiger partial charge in [0.2, 0.25) is 0 Å². The summed E-state index contributed by atoms with van der Waals surface area (Å²) in [5, 5.41) is 18.3. The summed E-state index contributed by atoms with van der Waals surface area (Å²) in [7, 11) is 1.87. The summed E-state index contributed by atoms with van der Waals surface area (Å²) in [5.41, 5.74) is 3.46. The third-order valence-electron chi connectivity index (χ3n) is 4.66. The molecule has 138 valence electrons. The van der Waals surface area contributed by atoms with Crippen molar-refractivity contribution >= 4 is 17.1 Å². The molecular formula is C20H20N4O3. The van der Waals surface area contributed by atoms with Crippen molar-refractivity contribution in [1.29, 1.82) is 0 Å². The second-order valence-corrected chi connectivity index (χ2v) is 6.72. The first-order valence-electron chi connectivity index (χ1n) is 8.69. The van der Waals surface area contributed by atoms with Gasteiger partial charge in [0.25, 0.3) is 0 Å². The minimum absolute atomic E-state index is 0.102. The molecule has 3 aromatic rings. The number of hydrogen-bond acceptors (Lipinski definition) is 6. The molecule has 1 aliphatic heterocycles. The number of aliphatic imine (C=N–C) groups is 1. The van der Waals surface area contributed by atoms with Gasteiger partial charge in [0.05, 0.1) is 28.8 Å². The molecule has 2 aromatic heterocycles. The summed E-state index contributed by atoms with van der Waals surface area (Å²) in [4.78, 5) is 17.1. The first-order valence-corrected chi connectivity index (χ1v) is 8.69. The number of anilines is 1. The summed E-state index contributed by atoms with van der Waals surface area (Å²) >= 11 is 0. The van der Waals surface area contributed by atoms with Gasteiger partial charge in [0, 0.05) is 31.3 Å². The topological polar surface area (TPSA) is 92.7 Å². The highest BCUT2D eigenvalue weighted by atomic mass is 16.4. The van der Waals surface area contributed by atoms with Crippen LogP contribution >= 0.6 is 0 Å². The molecule has 0 spiro atoms. The van der Waals surface area contributed by atoms with E-state index >= 15 is 0 Å². The van der Waals surface area contributed by atoms with Gasteiger partial charge in [-0.2, -0.15) is 5.10 Å². The molecule has 7 heteroatoms. The molecule has 0 radical (unpaired) electrons. The number of aromatic hydroxyl groups is 1. The van der Waals surface area contributed by atoms with Crippen molar-refractivity contribution in [3.05, 3.63) is 69.5 Å². The Balaban J connectivity index is 1.89. The SMILES string of the molecule is Cc1cc(O)c(C2=Nc3ccccc3NC(c3cn(C)nc3C)C2)c(=O)o1. The smallest absolute Gasteiger partial charge is 0.348 e. The van der Waals surface area contributed by atoms with Gasteiger partial charge in [-0.15, -0.1) is 0 Å². The lowest BCUT2D eigenvalue weighted by molar-refractivity contribution is 0.432. The average Bonchev–Trinajstić information content (AvgIpc) is 2.82. The maximum absolute atomic E-state index is 12.5. The van der Waals surface area contributed by atoms with E-state index in [0.29, 0.717) is 23.6 Å². The van der Waals surface area contributed by atoms with Crippen molar-refractivity contribution in [2.24, 2.45) is 12.0 Å². The zero-order chi connectivity index (χ0) is 19.1. The van der Waals surface area contributed by atoms with Crippen LogP contribution in [0.4, 0.5) is 11.4 Å². The van der Waals surface area contributed by atoms with Gasteiger partial charge in [0.15, 0.2) is 0 Å². The normalized spacial score (nSPS) is 16.3. The minimum Gasteiger partial charge on any atom is -0.507 e. The third kappa shape index (κ3) is 3.12. The molecule has 1 unspecified atom stereocenters. The fourth-order valence-electron chi connectivity index (χ4n) is 3.48. The number of rotatable bonds is 2. The lowest BCUT2D eigenvalue weighted by Crippen LogP contribution is -2.20. The number of hydrogen-bond donors (Lipinski definition) is 2. The maximum atomic E-state index is 12.5. The van der Waals surface area contributed by atoms with E-state index in [2.05, 4.69) is 15.4 Å². The van der Waals surface area contributed by atoms with Gasteiger partial charge in [-0.1, -0.05) is 12.1 Å². The molecule has 7 nitrogen and oxygen atoms in total. The quantitative estimate of drug-likeness (QED) is 0.727. The Bertz CT molecular complexity index is 1110. The Morgan fingerprint density at radius 3 is 2.78 bits per heavy atom. The van der Waals surface area contributed by atoms with Crippen LogP contribution in [0, 0.1) is 13.8 Å². The molecule has 0 saturated carbocycles. The number of aryl methyl sites for hydroxylation is 3. The van der Waals surface area contributed by atoms with Gasteiger partial charge < -0.3 is 14.8 Å². The first kappa shape index (κ1) is 17.1. The van der Waals surface area contributed by atoms with Crippen LogP contribution in [0.15, 0.2) is 50.7 Å². The zero-order valence-corrected chi connectivity index (χ0v) is 15.4. The fourth-order valence-corrected chi connectivity index (χ4v) is 3.48. The summed E-state index contributed by atoms with van der Waals surface area (Å²) < 4.78 is 6.97. The summed E-state index contributed by atoms with van der Waals surface area (Å²) in [6.45, 7) is 3.57. The largest absolute Gasteiger partial charge is 0.507 e. The molecule has 0 bridgehead atoms. The van der Waals surface area contributed by atoms with E-state index in [4.69, 9.17) is 4.42 Å². The molecule has 0 fully saturated rings. The Hall–Kier alpha value is -3.35. The molecule has 27 heavy (non-hydrogen) atoms. The number of nitrogens with zero attached hydrogens (tertiary/aromatic N) is 3. The molecule has 1 aliphatic rings. The number of aromatic nitrogens is 2. The monoisotopic (exact) mass is 364 g/mol. The van der Waals surface area contributed by atoms with Crippen LogP contribution in [0.2, 0.25) is 0 Å². The van der Waals surface area contributed by atoms with E-state index in [1.54, 1.807) is 11.6 Å². The summed E-state index contributed by atoms with van der Waals surface area (Å²) in [6.07, 6.45) is 2.36. The first-order chi connectivity index (χ1) is 12.9. The van der Waals surface area contributed by atoms with Gasteiger partial charge in [-0.05, 0) is 26.0 Å². The summed E-state index contributed by atoms with van der Waals surface area (Å²) in [6, 6.07) is 8.91. The lowest BCUT2D eigenvalue weighted by Gasteiger charge is -2.18. The highest BCUT2D eigenvalue weighted by molar-refractivity contribution is 6.05. The summed E-state index contributed by atoms with van der Waals surface area (Å²) in [5.74, 6) is 0.234. The van der Waals surface area contributed by atoms with E-state index in [-0.39, 0.29) is 17.4 Å². The van der Waals surface area contributed by atoms with Crippen LogP contribution in [0.25, 0.3) is 0 Å². The highest BCUT2D eigenvalue weighted by Gasteiger charge is 2.27. The van der Waals surface area contributed by atoms with Crippen molar-refractivity contribution in [1.82, 2.24) is 9.78 Å². The third-order valence-corrected chi connectivity index (χ3v) is 4.66. The van der Waals surface area contributed by atoms with E-state index in [0.717, 1.165) is 16.9 Å². The molecule has 0 aliphatic carbocycles. The predicted octanol–water partition coefficient (Wildman–Crippen LogP) is 3.37. The van der Waals surface area contributed by atoms with Crippen LogP contribution < -0.4 is 10.9 Å². The van der Waals surface area contributed by atoms with Crippen LogP contribution in [-0.2, 0) is 7.05 Å². The standard InChI is InChI=1S/C20H20N4O3/c1-11-8-18(25)19(20(26)27-11)17-9-16(13-10-24(3)23-12(13)2)21-14-6-4-5-7-15(14)22-17/h4-8,10,16,21,25H,9H2,1-3H3. The Labute approximate surface area is 156 Å². The molecule has 0 amide bonds. The van der Waals surface area contributed by atoms with E-state index in [1.165, 1.54) is 6.07 Å². The molecule has 1 atom stereocenters. The second-order valence-electron chi connectivity index (χ2n) is 6.72. The molecule has 1 aromatic carbocycles. The van der Waals surface area contributed by atoms with Crippen molar-refractivity contribution in [2.75, 3.05) is 5.32 Å². The molecule has 3 heterocycles. The number of nitrogens with one attached hydrogen (secondary N) is 1. The Kier molecular flexibility index (Phi) is 4.07. The molecular weight excluding hydrogens is 344 g/mol. The Morgan fingerprint density at radius 2 is 2.07 bits per heavy atom. The van der Waals surface area contributed by atoms with Gasteiger partial charge in [0.1, 0.15) is 17.1 Å². The van der Waals surface area contributed by atoms with Crippen LogP contribution in [-0.4, -0.2) is 20.6 Å². The van der Waals surface area contributed by atoms with Crippen LogP contribution in [0.5, 0.6) is 5.75 Å². The van der Waals surface area contributed by atoms with Crippen molar-refractivity contribution in [2.45, 2.75) is 26.3 Å². The zero-order valence-electron chi connectivity index (χ0n) is 15.4. The van der Waals surface area contributed by atoms with Gasteiger partial charge >= 0.3 is 5.63 Å². The van der Waals surface area contributed by atoms with E-state index in [9.17, 15) is 9.90 Å². The molecule has 0 saturated heterocycles. The van der Waals surface area contributed by atoms with Crippen molar-refractivity contribution < 1.29 is 9.52 Å². The van der Waals surface area contributed by atoms with Crippen molar-refractivity contribution in [3.8, 4) is 5.75 Å². The predicted molar refractivity (Wildman–Crippen MR) is 103 cm³/mol. The van der Waals surface area contributed by atoms with Gasteiger partial charge in [-0.3, -0.25) is 9.67 Å². The highest BCUT2D eigenvalue weighted by Crippen LogP contribution is 2.36. The minimum atomic E-state index is -0.590. The number of benzene rings is 1. The van der Waals surface area contributed by atoms with E-state index < -0.39 is 5.63 Å². The number of fused-ring (bicyclic) bond motifs is 1. The van der Waals surface area contributed by atoms with Crippen molar-refractivity contribution in [3.63, 3.8) is 0 Å². The molecule has 4 rings (SSSR count). The van der Waals surface area contributed by atoms with Crippen LogP contribution in [0.3, 0.4) is 0 Å². The average molecular weight is 364 g/mol. The van der Waals surface area contributed by atoms with Crippen LogP contribution in [0.1, 0.15) is 35.0 Å². The lowest BCUT2D eigenvalue weighted by atomic mass is 9.98. The van der Waals surface area contributed by atoms with E-state index in [1.807, 2.05) is 44.4 Å². The Morgan fingerprint density at radius 1 is 1.30 bits per heavy atom. The number of para-hydroxylation sites is 2. The fraction of sp³-hybridized carbons (Fsp3) is 0.250. The van der Waals surface area contributed by atoms with Gasteiger partial charge in [-0.25, -0.2) is 4.79 Å². The second kappa shape index (κ2) is 6.42. The maximum Gasteiger partial charge on any atom is 0.348 e. The molecule has 2 N–H and O–H groups in total.